The van der Waals surface area contributed by atoms with Crippen molar-refractivity contribution in [2.24, 2.45) is 4.99 Å². The van der Waals surface area contributed by atoms with Crippen molar-refractivity contribution < 1.29 is 33.7 Å². The van der Waals surface area contributed by atoms with Crippen LogP contribution in [-0.2, 0) is 14.3 Å². The minimum Gasteiger partial charge on any atom is -0.490 e. The lowest BCUT2D eigenvalue weighted by Gasteiger charge is -2.14. The SMILES string of the molecule is CCOc1cc(/C=C2/SC(=Nc3ccc(C(=O)OC)cc3)N(CC)C2=O)cc(Br)c1OCC(=O)O. The van der Waals surface area contributed by atoms with Crippen molar-refractivity contribution in [1.29, 1.82) is 0 Å². The summed E-state index contributed by atoms with van der Waals surface area (Å²) in [6.07, 6.45) is 1.72. The van der Waals surface area contributed by atoms with E-state index in [1.54, 1.807) is 54.3 Å². The number of carbonyl (C=O) groups excluding carboxylic acids is 2. The van der Waals surface area contributed by atoms with Crippen molar-refractivity contribution in [2.75, 3.05) is 26.9 Å². The Morgan fingerprint density at radius 3 is 2.49 bits per heavy atom. The molecule has 0 bridgehead atoms. The summed E-state index contributed by atoms with van der Waals surface area (Å²) < 4.78 is 16.2. The zero-order valence-electron chi connectivity index (χ0n) is 19.2. The molecule has 0 spiro atoms. The topological polar surface area (TPSA) is 115 Å². The molecular formula is C24H23BrN2O7S. The lowest BCUT2D eigenvalue weighted by molar-refractivity contribution is -0.139. The predicted octanol–water partition coefficient (Wildman–Crippen LogP) is 4.72. The molecule has 1 amide bonds. The molecule has 0 unspecified atom stereocenters. The number of methoxy groups -OCH3 is 1. The van der Waals surface area contributed by atoms with Crippen LogP contribution in [0.3, 0.4) is 0 Å². The maximum atomic E-state index is 13.0. The third-order valence-electron chi connectivity index (χ3n) is 4.69. The normalized spacial score (nSPS) is 15.5. The molecule has 3 rings (SSSR count). The minimum absolute atomic E-state index is 0.192. The lowest BCUT2D eigenvalue weighted by atomic mass is 10.2. The van der Waals surface area contributed by atoms with Crippen LogP contribution in [0.2, 0.25) is 0 Å². The maximum Gasteiger partial charge on any atom is 0.341 e. The van der Waals surface area contributed by atoms with Crippen LogP contribution < -0.4 is 9.47 Å². The van der Waals surface area contributed by atoms with E-state index in [1.807, 2.05) is 6.92 Å². The van der Waals surface area contributed by atoms with Gasteiger partial charge in [0.15, 0.2) is 23.3 Å². The van der Waals surface area contributed by atoms with Gasteiger partial charge in [0.2, 0.25) is 0 Å². The summed E-state index contributed by atoms with van der Waals surface area (Å²) in [7, 11) is 1.32. The molecule has 1 aliphatic heterocycles. The molecule has 0 radical (unpaired) electrons. The molecule has 1 fully saturated rings. The number of nitrogens with zero attached hydrogens (tertiary/aromatic N) is 2. The lowest BCUT2D eigenvalue weighted by Crippen LogP contribution is -2.28. The maximum absolute atomic E-state index is 13.0. The fourth-order valence-corrected chi connectivity index (χ4v) is 4.77. The average Bonchev–Trinajstić information content (AvgIpc) is 3.12. The highest BCUT2D eigenvalue weighted by Crippen LogP contribution is 2.39. The molecule has 9 nitrogen and oxygen atoms in total. The molecule has 2 aromatic rings. The zero-order valence-corrected chi connectivity index (χ0v) is 21.6. The fraction of sp³-hybridized carbons (Fsp3) is 0.250. The number of carbonyl (C=O) groups is 3. The van der Waals surface area contributed by atoms with Gasteiger partial charge >= 0.3 is 11.9 Å². The summed E-state index contributed by atoms with van der Waals surface area (Å²) >= 11 is 4.63. The van der Waals surface area contributed by atoms with Gasteiger partial charge in [-0.1, -0.05) is 0 Å². The number of hydrogen-bond acceptors (Lipinski definition) is 8. The smallest absolute Gasteiger partial charge is 0.341 e. The quantitative estimate of drug-likeness (QED) is 0.344. The Morgan fingerprint density at radius 2 is 1.89 bits per heavy atom. The molecular weight excluding hydrogens is 540 g/mol. The van der Waals surface area contributed by atoms with Crippen molar-refractivity contribution in [1.82, 2.24) is 4.90 Å². The van der Waals surface area contributed by atoms with Crippen LogP contribution in [0.4, 0.5) is 5.69 Å². The first-order chi connectivity index (χ1) is 16.8. The summed E-state index contributed by atoms with van der Waals surface area (Å²) in [5.74, 6) is -1.10. The third-order valence-corrected chi connectivity index (χ3v) is 6.28. The first-order valence-corrected chi connectivity index (χ1v) is 12.2. The molecule has 0 saturated carbocycles. The van der Waals surface area contributed by atoms with E-state index in [4.69, 9.17) is 19.3 Å². The van der Waals surface area contributed by atoms with Crippen LogP contribution >= 0.6 is 27.7 Å². The van der Waals surface area contributed by atoms with Crippen LogP contribution in [0.1, 0.15) is 29.8 Å². The molecule has 0 atom stereocenters. The van der Waals surface area contributed by atoms with Crippen molar-refractivity contribution >= 4 is 62.5 Å². The van der Waals surface area contributed by atoms with Gasteiger partial charge in [-0.15, -0.1) is 0 Å². The van der Waals surface area contributed by atoms with Crippen LogP contribution in [0.5, 0.6) is 11.5 Å². The fourth-order valence-electron chi connectivity index (χ4n) is 3.13. The number of amidine groups is 1. The summed E-state index contributed by atoms with van der Waals surface area (Å²) in [5, 5.41) is 9.43. The van der Waals surface area contributed by atoms with Crippen molar-refractivity contribution in [3.63, 3.8) is 0 Å². The van der Waals surface area contributed by atoms with Crippen molar-refractivity contribution in [2.45, 2.75) is 13.8 Å². The Bertz CT molecular complexity index is 1200. The molecule has 11 heteroatoms. The number of halogens is 1. The first kappa shape index (κ1) is 26.3. The summed E-state index contributed by atoms with van der Waals surface area (Å²) in [6.45, 7) is 3.92. The molecule has 1 aliphatic rings. The largest absolute Gasteiger partial charge is 0.490 e. The van der Waals surface area contributed by atoms with Crippen LogP contribution in [-0.4, -0.2) is 59.9 Å². The van der Waals surface area contributed by atoms with Gasteiger partial charge in [-0.2, -0.15) is 0 Å². The van der Waals surface area contributed by atoms with Gasteiger partial charge in [-0.05, 0) is 89.6 Å². The highest BCUT2D eigenvalue weighted by Gasteiger charge is 2.32. The number of rotatable bonds is 9. The van der Waals surface area contributed by atoms with Crippen molar-refractivity contribution in [3.05, 3.63) is 56.9 Å². The predicted molar refractivity (Wildman–Crippen MR) is 136 cm³/mol. The summed E-state index contributed by atoms with van der Waals surface area (Å²) in [6, 6.07) is 9.99. The van der Waals surface area contributed by atoms with Gasteiger partial charge < -0.3 is 19.3 Å². The van der Waals surface area contributed by atoms with E-state index >= 15 is 0 Å². The number of benzene rings is 2. The van der Waals surface area contributed by atoms with E-state index in [0.29, 0.717) is 50.3 Å². The highest BCUT2D eigenvalue weighted by molar-refractivity contribution is 9.10. The molecule has 0 aromatic heterocycles. The van der Waals surface area contributed by atoms with Gasteiger partial charge in [0, 0.05) is 6.54 Å². The number of aliphatic imine (C=N–C) groups is 1. The third kappa shape index (κ3) is 6.43. The zero-order chi connectivity index (χ0) is 25.5. The Labute approximate surface area is 214 Å². The monoisotopic (exact) mass is 562 g/mol. The molecule has 1 N–H and O–H groups in total. The Morgan fingerprint density at radius 1 is 1.17 bits per heavy atom. The number of thioether (sulfide) groups is 1. The van der Waals surface area contributed by atoms with E-state index in [1.165, 1.54) is 18.9 Å². The van der Waals surface area contributed by atoms with Crippen LogP contribution in [0.15, 0.2) is 50.8 Å². The molecule has 0 aliphatic carbocycles. The second-order valence-electron chi connectivity index (χ2n) is 7.04. The number of amides is 1. The number of aliphatic carboxylic acids is 1. The number of ether oxygens (including phenoxy) is 3. The number of carboxylic acid groups (broad SMARTS) is 1. The second kappa shape index (κ2) is 11.9. The minimum atomic E-state index is -1.11. The summed E-state index contributed by atoms with van der Waals surface area (Å²) in [4.78, 5) is 42.2. The summed E-state index contributed by atoms with van der Waals surface area (Å²) in [5.41, 5.74) is 1.67. The highest BCUT2D eigenvalue weighted by atomic mass is 79.9. The van der Waals surface area contributed by atoms with Gasteiger partial charge in [-0.25, -0.2) is 14.6 Å². The Balaban J connectivity index is 1.91. The van der Waals surface area contributed by atoms with E-state index in [9.17, 15) is 14.4 Å². The van der Waals surface area contributed by atoms with Gasteiger partial charge in [0.1, 0.15) is 0 Å². The number of esters is 1. The Hall–Kier alpha value is -3.31. The standard InChI is InChI=1S/C24H23BrN2O7S/c1-4-27-22(30)19(35-24(27)26-16-8-6-15(7-9-16)23(31)32-3)12-14-10-17(25)21(34-13-20(28)29)18(11-14)33-5-2/h6-12H,4-5,13H2,1-3H3,(H,28,29)/b19-12+,26-24?. The molecule has 2 aromatic carbocycles. The Kier molecular flexibility index (Phi) is 8.94. The molecule has 1 saturated heterocycles. The number of hydrogen-bond donors (Lipinski definition) is 1. The van der Waals surface area contributed by atoms with E-state index in [-0.39, 0.29) is 11.7 Å². The van der Waals surface area contributed by atoms with Gasteiger partial charge in [0.25, 0.3) is 5.91 Å². The van der Waals surface area contributed by atoms with E-state index < -0.39 is 18.5 Å². The molecule has 184 valence electrons. The van der Waals surface area contributed by atoms with Gasteiger partial charge in [0.05, 0.1) is 34.3 Å². The van der Waals surface area contributed by atoms with E-state index in [2.05, 4.69) is 20.9 Å². The first-order valence-electron chi connectivity index (χ1n) is 10.6. The average molecular weight is 563 g/mol. The molecule has 35 heavy (non-hydrogen) atoms. The number of carboxylic acids is 1. The van der Waals surface area contributed by atoms with Crippen molar-refractivity contribution in [3.8, 4) is 11.5 Å². The second-order valence-corrected chi connectivity index (χ2v) is 8.90. The van der Waals surface area contributed by atoms with E-state index in [0.717, 1.165) is 0 Å². The number of likely N-dealkylation sites (N-methyl/N-ethyl adjacent to an activating group) is 1. The van der Waals surface area contributed by atoms with Gasteiger partial charge in [-0.3, -0.25) is 9.69 Å². The molecule has 1 heterocycles. The van der Waals surface area contributed by atoms with Crippen LogP contribution in [0, 0.1) is 0 Å². The van der Waals surface area contributed by atoms with Crippen LogP contribution in [0.25, 0.3) is 6.08 Å².